The molecule has 0 aromatic carbocycles. The molecule has 1 aliphatic rings. The summed E-state index contributed by atoms with van der Waals surface area (Å²) in [5, 5.41) is 0. The molecule has 1 saturated carbocycles. The van der Waals surface area contributed by atoms with Crippen LogP contribution in [0, 0.1) is 0 Å². The molecule has 3 heteroatoms. The van der Waals surface area contributed by atoms with E-state index in [1.807, 2.05) is 6.26 Å². The zero-order valence-corrected chi connectivity index (χ0v) is 6.35. The van der Waals surface area contributed by atoms with Crippen molar-refractivity contribution in [3.05, 3.63) is 0 Å². The van der Waals surface area contributed by atoms with Gasteiger partial charge in [0.1, 0.15) is 6.10 Å². The number of ether oxygens (including phenoxy) is 1. The van der Waals surface area contributed by atoms with E-state index >= 15 is 0 Å². The molecule has 0 aromatic heterocycles. The Morgan fingerprint density at radius 2 is 2.38 bits per heavy atom. The second kappa shape index (κ2) is 2.69. The summed E-state index contributed by atoms with van der Waals surface area (Å²) in [5.41, 5.74) is 0. The summed E-state index contributed by atoms with van der Waals surface area (Å²) >= 11 is 6.31. The van der Waals surface area contributed by atoms with E-state index in [2.05, 4.69) is 0 Å². The van der Waals surface area contributed by atoms with Gasteiger partial charge >= 0.3 is 0 Å². The van der Waals surface area contributed by atoms with Crippen LogP contribution in [0.3, 0.4) is 0 Å². The summed E-state index contributed by atoms with van der Waals surface area (Å²) in [6.45, 7) is 0. The van der Waals surface area contributed by atoms with Gasteiger partial charge in [0.2, 0.25) is 4.38 Å². The molecule has 0 unspecified atom stereocenters. The molecule has 0 heterocycles. The van der Waals surface area contributed by atoms with Crippen LogP contribution in [0.15, 0.2) is 0 Å². The molecule has 0 aliphatic heterocycles. The van der Waals surface area contributed by atoms with E-state index in [-0.39, 0.29) is 0 Å². The van der Waals surface area contributed by atoms with E-state index in [9.17, 15) is 0 Å². The third-order valence-corrected chi connectivity index (χ3v) is 1.98. The summed E-state index contributed by atoms with van der Waals surface area (Å²) in [4.78, 5) is 0. The highest BCUT2D eigenvalue weighted by Gasteiger charge is 2.23. The Kier molecular flexibility index (Phi) is 2.14. The van der Waals surface area contributed by atoms with Crippen LogP contribution in [0.2, 0.25) is 0 Å². The maximum atomic E-state index is 5.20. The standard InChI is InChI=1S/C5H8OS2/c1-8-5(7)6-4-2-3-4/h4H,2-3H2,1H3. The maximum absolute atomic E-state index is 5.20. The number of thioether (sulfide) groups is 1. The molecule has 0 spiro atoms. The predicted octanol–water partition coefficient (Wildman–Crippen LogP) is 1.81. The van der Waals surface area contributed by atoms with Crippen LogP contribution in [-0.4, -0.2) is 16.7 Å². The Hall–Kier alpha value is 0.240. The van der Waals surface area contributed by atoms with Crippen molar-refractivity contribution >= 4 is 28.4 Å². The third kappa shape index (κ3) is 2.01. The first kappa shape index (κ1) is 6.36. The smallest absolute Gasteiger partial charge is 0.219 e. The van der Waals surface area contributed by atoms with Gasteiger partial charge in [0.05, 0.1) is 0 Å². The average Bonchev–Trinajstić information content (AvgIpc) is 2.50. The number of thiocarbonyl (C=S) groups is 1. The van der Waals surface area contributed by atoms with Crippen molar-refractivity contribution in [1.29, 1.82) is 0 Å². The summed E-state index contributed by atoms with van der Waals surface area (Å²) in [6, 6.07) is 0. The van der Waals surface area contributed by atoms with Crippen molar-refractivity contribution < 1.29 is 4.74 Å². The Morgan fingerprint density at radius 1 is 1.75 bits per heavy atom. The van der Waals surface area contributed by atoms with Gasteiger partial charge < -0.3 is 4.74 Å². The van der Waals surface area contributed by atoms with Crippen LogP contribution in [-0.2, 0) is 4.74 Å². The number of hydrogen-bond acceptors (Lipinski definition) is 3. The van der Waals surface area contributed by atoms with E-state index in [1.165, 1.54) is 24.6 Å². The summed E-state index contributed by atoms with van der Waals surface area (Å²) in [5.74, 6) is 0. The van der Waals surface area contributed by atoms with Crippen LogP contribution in [0.1, 0.15) is 12.8 Å². The van der Waals surface area contributed by atoms with Crippen molar-refractivity contribution in [2.45, 2.75) is 18.9 Å². The van der Waals surface area contributed by atoms with Crippen molar-refractivity contribution in [3.8, 4) is 0 Å². The first-order chi connectivity index (χ1) is 3.83. The van der Waals surface area contributed by atoms with E-state index in [1.54, 1.807) is 0 Å². The van der Waals surface area contributed by atoms with Crippen molar-refractivity contribution in [2.75, 3.05) is 6.26 Å². The number of hydrogen-bond donors (Lipinski definition) is 0. The highest BCUT2D eigenvalue weighted by atomic mass is 32.2. The molecule has 0 saturated heterocycles. The highest BCUT2D eigenvalue weighted by Crippen LogP contribution is 2.25. The molecular formula is C5H8OS2. The largest absolute Gasteiger partial charge is 0.475 e. The highest BCUT2D eigenvalue weighted by molar-refractivity contribution is 8.22. The minimum atomic E-state index is 0.468. The summed E-state index contributed by atoms with van der Waals surface area (Å²) in [6.07, 6.45) is 4.79. The molecule has 0 radical (unpaired) electrons. The summed E-state index contributed by atoms with van der Waals surface area (Å²) in [7, 11) is 0. The zero-order chi connectivity index (χ0) is 5.98. The first-order valence-corrected chi connectivity index (χ1v) is 4.21. The molecule has 0 amide bonds. The fourth-order valence-electron chi connectivity index (χ4n) is 0.370. The molecule has 1 fully saturated rings. The molecule has 0 bridgehead atoms. The normalized spacial score (nSPS) is 18.1. The van der Waals surface area contributed by atoms with Gasteiger partial charge in [-0.3, -0.25) is 0 Å². The molecule has 0 aromatic rings. The minimum absolute atomic E-state index is 0.468. The fourth-order valence-corrected chi connectivity index (χ4v) is 0.738. The van der Waals surface area contributed by atoms with Crippen molar-refractivity contribution in [1.82, 2.24) is 0 Å². The average molecular weight is 148 g/mol. The molecule has 8 heavy (non-hydrogen) atoms. The Morgan fingerprint density at radius 3 is 2.75 bits per heavy atom. The quantitative estimate of drug-likeness (QED) is 0.525. The van der Waals surface area contributed by atoms with Gasteiger partial charge in [-0.25, -0.2) is 0 Å². The van der Waals surface area contributed by atoms with E-state index in [0.29, 0.717) is 10.5 Å². The molecule has 0 N–H and O–H groups in total. The number of rotatable bonds is 1. The topological polar surface area (TPSA) is 9.23 Å². The van der Waals surface area contributed by atoms with Gasteiger partial charge in [-0.2, -0.15) is 0 Å². The monoisotopic (exact) mass is 148 g/mol. The minimum Gasteiger partial charge on any atom is -0.475 e. The third-order valence-electron chi connectivity index (χ3n) is 0.954. The lowest BCUT2D eigenvalue weighted by Gasteiger charge is -1.99. The lowest BCUT2D eigenvalue weighted by atomic mass is 10.8. The molecule has 1 aliphatic carbocycles. The Bertz CT molecular complexity index is 98.6. The van der Waals surface area contributed by atoms with Crippen LogP contribution in [0.25, 0.3) is 0 Å². The van der Waals surface area contributed by atoms with Crippen molar-refractivity contribution in [3.63, 3.8) is 0 Å². The Labute approximate surface area is 58.8 Å². The van der Waals surface area contributed by atoms with Gasteiger partial charge in [0, 0.05) is 0 Å². The molecule has 1 nitrogen and oxygen atoms in total. The Balaban J connectivity index is 2.07. The molecule has 0 atom stereocenters. The van der Waals surface area contributed by atoms with E-state index in [4.69, 9.17) is 17.0 Å². The van der Waals surface area contributed by atoms with Crippen LogP contribution < -0.4 is 0 Å². The molecular weight excluding hydrogens is 140 g/mol. The van der Waals surface area contributed by atoms with E-state index < -0.39 is 0 Å². The van der Waals surface area contributed by atoms with Gasteiger partial charge in [0.15, 0.2) is 0 Å². The molecule has 1 rings (SSSR count). The van der Waals surface area contributed by atoms with Gasteiger partial charge in [0.25, 0.3) is 0 Å². The summed E-state index contributed by atoms with van der Waals surface area (Å²) < 4.78 is 5.89. The second-order valence-electron chi connectivity index (χ2n) is 1.77. The SMILES string of the molecule is CSC(=S)OC1CC1. The van der Waals surface area contributed by atoms with Crippen LogP contribution in [0.5, 0.6) is 0 Å². The second-order valence-corrected chi connectivity index (χ2v) is 3.18. The van der Waals surface area contributed by atoms with E-state index in [0.717, 1.165) is 0 Å². The lowest BCUT2D eigenvalue weighted by molar-refractivity contribution is 0.307. The van der Waals surface area contributed by atoms with Gasteiger partial charge in [-0.05, 0) is 31.3 Å². The van der Waals surface area contributed by atoms with Gasteiger partial charge in [-0.1, -0.05) is 11.8 Å². The zero-order valence-electron chi connectivity index (χ0n) is 4.72. The van der Waals surface area contributed by atoms with Gasteiger partial charge in [-0.15, -0.1) is 0 Å². The van der Waals surface area contributed by atoms with Crippen LogP contribution in [0.4, 0.5) is 0 Å². The maximum Gasteiger partial charge on any atom is 0.219 e. The van der Waals surface area contributed by atoms with Crippen LogP contribution >= 0.6 is 24.0 Å². The lowest BCUT2D eigenvalue weighted by Crippen LogP contribution is -1.96. The van der Waals surface area contributed by atoms with Crippen molar-refractivity contribution in [2.24, 2.45) is 0 Å². The predicted molar refractivity (Wildman–Crippen MR) is 40.2 cm³/mol. The molecule has 46 valence electrons. The first-order valence-electron chi connectivity index (χ1n) is 2.57. The fraction of sp³-hybridized carbons (Fsp3) is 0.800.